The van der Waals surface area contributed by atoms with Crippen molar-refractivity contribution in [3.63, 3.8) is 0 Å². The summed E-state index contributed by atoms with van der Waals surface area (Å²) in [4.78, 5) is 20.9. The first-order chi connectivity index (χ1) is 12.0. The van der Waals surface area contributed by atoms with Gasteiger partial charge in [-0.05, 0) is 26.3 Å². The third-order valence-corrected chi connectivity index (χ3v) is 4.88. The summed E-state index contributed by atoms with van der Waals surface area (Å²) in [5.74, 6) is 1.08. The van der Waals surface area contributed by atoms with Gasteiger partial charge in [0.15, 0.2) is 5.82 Å². The lowest BCUT2D eigenvalue weighted by Gasteiger charge is -2.03. The van der Waals surface area contributed by atoms with Gasteiger partial charge in [0.05, 0.1) is 6.42 Å². The van der Waals surface area contributed by atoms with Crippen molar-refractivity contribution < 1.29 is 4.79 Å². The Labute approximate surface area is 149 Å². The van der Waals surface area contributed by atoms with E-state index >= 15 is 0 Å². The first-order valence-corrected chi connectivity index (χ1v) is 9.11. The molecule has 25 heavy (non-hydrogen) atoms. The van der Waals surface area contributed by atoms with Crippen molar-refractivity contribution in [1.82, 2.24) is 29.8 Å². The number of aromatic nitrogens is 6. The van der Waals surface area contributed by atoms with E-state index in [1.165, 1.54) is 11.3 Å². The second kappa shape index (κ2) is 7.22. The number of carbonyl (C=O) groups is 1. The molecule has 1 amide bonds. The topological polar surface area (TPSA) is 98.0 Å². The summed E-state index contributed by atoms with van der Waals surface area (Å²) in [5, 5.41) is 16.8. The molecule has 0 aliphatic rings. The maximum atomic E-state index is 12.2. The average molecular weight is 359 g/mol. The quantitative estimate of drug-likeness (QED) is 0.726. The lowest BCUT2D eigenvalue weighted by Crippen LogP contribution is -2.15. The van der Waals surface area contributed by atoms with Crippen LogP contribution in [0, 0.1) is 13.8 Å². The van der Waals surface area contributed by atoms with Crippen LogP contribution in [0.25, 0.3) is 5.78 Å². The molecule has 0 saturated heterocycles. The van der Waals surface area contributed by atoms with E-state index in [1.807, 2.05) is 19.9 Å². The van der Waals surface area contributed by atoms with Crippen molar-refractivity contribution in [1.29, 1.82) is 0 Å². The van der Waals surface area contributed by atoms with E-state index in [-0.39, 0.29) is 12.3 Å². The van der Waals surface area contributed by atoms with E-state index in [4.69, 9.17) is 0 Å². The minimum atomic E-state index is -0.212. The molecule has 8 nitrogen and oxygen atoms in total. The molecule has 132 valence electrons. The Hall–Kier alpha value is -2.42. The summed E-state index contributed by atoms with van der Waals surface area (Å²) in [6.45, 7) is 8.09. The number of carbonyl (C=O) groups excluding carboxylic acids is 1. The maximum Gasteiger partial charge on any atom is 0.252 e. The summed E-state index contributed by atoms with van der Waals surface area (Å²) in [6.07, 6.45) is 2.22. The Morgan fingerprint density at radius 2 is 2.12 bits per heavy atom. The number of fused-ring (bicyclic) bond motifs is 1. The molecule has 0 fully saturated rings. The van der Waals surface area contributed by atoms with Crippen LogP contribution < -0.4 is 5.32 Å². The fourth-order valence-corrected chi connectivity index (χ4v) is 3.48. The molecule has 0 aliphatic carbocycles. The van der Waals surface area contributed by atoms with Gasteiger partial charge in [-0.2, -0.15) is 4.98 Å². The molecular weight excluding hydrogens is 338 g/mol. The lowest BCUT2D eigenvalue weighted by molar-refractivity contribution is -0.115. The standard InChI is InChI=1S/C16H21N7OS/c1-5-6-9(2)14-20-21-16(25-14)19-13(24)8-12-18-15-17-10(3)7-11(4)23(15)22-12/h7,9H,5-6,8H2,1-4H3,(H,19,21,24)/t9-/m0/s1. The molecule has 0 aromatic carbocycles. The zero-order valence-electron chi connectivity index (χ0n) is 14.8. The first kappa shape index (κ1) is 17.4. The molecule has 3 aromatic heterocycles. The summed E-state index contributed by atoms with van der Waals surface area (Å²) in [6, 6.07) is 1.92. The van der Waals surface area contributed by atoms with Crippen molar-refractivity contribution in [3.05, 3.63) is 28.3 Å². The second-order valence-corrected chi connectivity index (χ2v) is 7.15. The molecule has 3 aromatic rings. The van der Waals surface area contributed by atoms with Gasteiger partial charge in [0.25, 0.3) is 5.78 Å². The third-order valence-electron chi connectivity index (χ3n) is 3.81. The first-order valence-electron chi connectivity index (χ1n) is 8.29. The Kier molecular flexibility index (Phi) is 5.03. The number of hydrogen-bond donors (Lipinski definition) is 1. The molecule has 3 heterocycles. The molecule has 0 aliphatic heterocycles. The molecule has 0 unspecified atom stereocenters. The van der Waals surface area contributed by atoms with Crippen LogP contribution in [0.15, 0.2) is 6.07 Å². The molecular formula is C16H21N7OS. The van der Waals surface area contributed by atoms with Gasteiger partial charge in [-0.15, -0.1) is 15.3 Å². The van der Waals surface area contributed by atoms with Crippen LogP contribution in [-0.4, -0.2) is 35.7 Å². The van der Waals surface area contributed by atoms with Gasteiger partial charge in [-0.3, -0.25) is 4.79 Å². The van der Waals surface area contributed by atoms with Gasteiger partial charge >= 0.3 is 0 Å². The van der Waals surface area contributed by atoms with E-state index in [0.717, 1.165) is 29.2 Å². The fourth-order valence-electron chi connectivity index (χ4n) is 2.63. The molecule has 0 bridgehead atoms. The number of nitrogens with one attached hydrogen (secondary N) is 1. The van der Waals surface area contributed by atoms with E-state index in [9.17, 15) is 4.79 Å². The Morgan fingerprint density at radius 1 is 1.32 bits per heavy atom. The van der Waals surface area contributed by atoms with Gasteiger partial charge in [-0.1, -0.05) is 31.6 Å². The highest BCUT2D eigenvalue weighted by atomic mass is 32.1. The Bertz CT molecular complexity index is 901. The summed E-state index contributed by atoms with van der Waals surface area (Å²) in [7, 11) is 0. The number of amides is 1. The predicted octanol–water partition coefficient (Wildman–Crippen LogP) is 2.68. The second-order valence-electron chi connectivity index (χ2n) is 6.14. The van der Waals surface area contributed by atoms with Crippen LogP contribution >= 0.6 is 11.3 Å². The molecule has 3 rings (SSSR count). The highest BCUT2D eigenvalue weighted by molar-refractivity contribution is 7.15. The molecule has 0 radical (unpaired) electrons. The van der Waals surface area contributed by atoms with Crippen molar-refractivity contribution in [2.75, 3.05) is 5.32 Å². The Balaban J connectivity index is 1.68. The van der Waals surface area contributed by atoms with Gasteiger partial charge in [-0.25, -0.2) is 9.50 Å². The third kappa shape index (κ3) is 3.98. The van der Waals surface area contributed by atoms with Crippen LogP contribution in [0.5, 0.6) is 0 Å². The van der Waals surface area contributed by atoms with Crippen LogP contribution in [0.2, 0.25) is 0 Å². The van der Waals surface area contributed by atoms with Gasteiger partial charge in [0.1, 0.15) is 5.01 Å². The zero-order valence-corrected chi connectivity index (χ0v) is 15.6. The Morgan fingerprint density at radius 3 is 2.88 bits per heavy atom. The normalized spacial score (nSPS) is 12.5. The van der Waals surface area contributed by atoms with Gasteiger partial charge < -0.3 is 5.32 Å². The number of nitrogens with zero attached hydrogens (tertiary/aromatic N) is 6. The molecule has 0 saturated carbocycles. The summed E-state index contributed by atoms with van der Waals surface area (Å²) in [5.41, 5.74) is 1.80. The van der Waals surface area contributed by atoms with Crippen molar-refractivity contribution in [2.45, 2.75) is 52.9 Å². The van der Waals surface area contributed by atoms with Gasteiger partial charge in [0, 0.05) is 17.3 Å². The molecule has 9 heteroatoms. The van der Waals surface area contributed by atoms with Crippen LogP contribution in [0.3, 0.4) is 0 Å². The monoisotopic (exact) mass is 359 g/mol. The van der Waals surface area contributed by atoms with E-state index < -0.39 is 0 Å². The van der Waals surface area contributed by atoms with Crippen molar-refractivity contribution in [3.8, 4) is 0 Å². The number of aryl methyl sites for hydroxylation is 2. The highest BCUT2D eigenvalue weighted by Gasteiger charge is 2.15. The van der Waals surface area contributed by atoms with Crippen LogP contribution in [-0.2, 0) is 11.2 Å². The van der Waals surface area contributed by atoms with E-state index in [2.05, 4.69) is 44.4 Å². The van der Waals surface area contributed by atoms with Gasteiger partial charge in [0.2, 0.25) is 11.0 Å². The number of rotatable bonds is 6. The van der Waals surface area contributed by atoms with Crippen LogP contribution in [0.1, 0.15) is 54.8 Å². The van der Waals surface area contributed by atoms with Crippen molar-refractivity contribution in [2.24, 2.45) is 0 Å². The molecule has 1 N–H and O–H groups in total. The molecule has 0 spiro atoms. The summed E-state index contributed by atoms with van der Waals surface area (Å²) < 4.78 is 1.64. The largest absolute Gasteiger partial charge is 0.300 e. The smallest absolute Gasteiger partial charge is 0.252 e. The fraction of sp³-hybridized carbons (Fsp3) is 0.500. The summed E-state index contributed by atoms with van der Waals surface area (Å²) >= 11 is 1.42. The maximum absolute atomic E-state index is 12.2. The van der Waals surface area contributed by atoms with E-state index in [1.54, 1.807) is 4.52 Å². The highest BCUT2D eigenvalue weighted by Crippen LogP contribution is 2.26. The molecule has 1 atom stereocenters. The predicted molar refractivity (Wildman–Crippen MR) is 95.8 cm³/mol. The van der Waals surface area contributed by atoms with E-state index in [0.29, 0.717) is 22.7 Å². The van der Waals surface area contributed by atoms with Crippen LogP contribution in [0.4, 0.5) is 5.13 Å². The minimum absolute atomic E-state index is 0.0707. The minimum Gasteiger partial charge on any atom is -0.300 e. The lowest BCUT2D eigenvalue weighted by atomic mass is 10.1. The number of hydrogen-bond acceptors (Lipinski definition) is 7. The SMILES string of the molecule is CCC[C@H](C)c1nnc(NC(=O)Cc2nc3nc(C)cc(C)n3n2)s1. The zero-order chi connectivity index (χ0) is 18.0. The van der Waals surface area contributed by atoms with Crippen molar-refractivity contribution >= 4 is 28.2 Å². The average Bonchev–Trinajstić information content (AvgIpc) is 3.14. The number of anilines is 1.